The monoisotopic (exact) mass is 440 g/mol. The summed E-state index contributed by atoms with van der Waals surface area (Å²) in [6.45, 7) is 4.43. The predicted octanol–water partition coefficient (Wildman–Crippen LogP) is 4.97. The summed E-state index contributed by atoms with van der Waals surface area (Å²) < 4.78 is 28.0. The van der Waals surface area contributed by atoms with E-state index >= 15 is 0 Å². The molecule has 1 saturated carbocycles. The van der Waals surface area contributed by atoms with E-state index in [1.54, 1.807) is 53.8 Å². The Morgan fingerprint density at radius 3 is 2.40 bits per heavy atom. The molecule has 1 heterocycles. The van der Waals surface area contributed by atoms with E-state index in [2.05, 4.69) is 10.1 Å². The highest BCUT2D eigenvalue weighted by Gasteiger charge is 2.33. The number of hydrogen-bond donors (Lipinski definition) is 1. The van der Waals surface area contributed by atoms with Crippen molar-refractivity contribution in [3.63, 3.8) is 0 Å². The maximum atomic E-state index is 13.0. The fraction of sp³-hybridized carbons (Fsp3) is 0.261. The number of carbonyl (C=O) groups excluding carboxylic acids is 1. The van der Waals surface area contributed by atoms with Gasteiger partial charge in [-0.05, 0) is 96.6 Å². The lowest BCUT2D eigenvalue weighted by Gasteiger charge is -2.22. The minimum Gasteiger partial charge on any atom is -0.331 e. The van der Waals surface area contributed by atoms with Gasteiger partial charge in [0.15, 0.2) is 0 Å². The molecule has 0 bridgehead atoms. The lowest BCUT2D eigenvalue weighted by molar-refractivity contribution is 0.0730. The summed E-state index contributed by atoms with van der Waals surface area (Å²) in [6.07, 6.45) is 2.06. The highest BCUT2D eigenvalue weighted by Crippen LogP contribution is 2.30. The molecular weight excluding hydrogens is 416 g/mol. The van der Waals surface area contributed by atoms with Crippen LogP contribution in [0.25, 0.3) is 0 Å². The molecule has 1 fully saturated rings. The summed E-state index contributed by atoms with van der Waals surface area (Å²) >= 11 is 1.63. The van der Waals surface area contributed by atoms with E-state index in [9.17, 15) is 13.2 Å². The molecule has 2 aromatic carbocycles. The molecule has 1 aliphatic carbocycles. The maximum absolute atomic E-state index is 13.0. The third-order valence-corrected chi connectivity index (χ3v) is 7.47. The highest BCUT2D eigenvalue weighted by molar-refractivity contribution is 7.92. The molecule has 1 aliphatic rings. The molecule has 0 unspecified atom stereocenters. The molecule has 0 radical (unpaired) electrons. The van der Waals surface area contributed by atoms with Crippen LogP contribution in [0.4, 0.5) is 5.69 Å². The Morgan fingerprint density at radius 2 is 1.80 bits per heavy atom. The van der Waals surface area contributed by atoms with E-state index < -0.39 is 10.0 Å². The molecule has 1 amide bonds. The largest absolute Gasteiger partial charge is 0.331 e. The van der Waals surface area contributed by atoms with E-state index in [1.165, 1.54) is 0 Å². The lowest BCUT2D eigenvalue weighted by Crippen LogP contribution is -2.32. The zero-order valence-corrected chi connectivity index (χ0v) is 18.6. The molecule has 0 saturated heterocycles. The molecule has 0 spiro atoms. The summed E-state index contributed by atoms with van der Waals surface area (Å²) in [4.78, 5) is 15.2. The van der Waals surface area contributed by atoms with E-state index in [4.69, 9.17) is 0 Å². The Labute approximate surface area is 181 Å². The summed E-state index contributed by atoms with van der Waals surface area (Å²) in [5.74, 6) is -0.0210. The number of anilines is 1. The predicted molar refractivity (Wildman–Crippen MR) is 120 cm³/mol. The van der Waals surface area contributed by atoms with Crippen molar-refractivity contribution in [2.75, 3.05) is 4.72 Å². The summed E-state index contributed by atoms with van der Waals surface area (Å²) in [6, 6.07) is 14.0. The van der Waals surface area contributed by atoms with Crippen molar-refractivity contribution in [3.05, 3.63) is 81.5 Å². The SMILES string of the molecule is Cc1ccc(S(=O)(=O)Nc2ccc(C(=O)N(Cc3ccsc3)C3CC3)cc2)cc1C. The Hall–Kier alpha value is -2.64. The van der Waals surface area contributed by atoms with Gasteiger partial charge in [0.1, 0.15) is 0 Å². The van der Waals surface area contributed by atoms with Crippen LogP contribution in [0.3, 0.4) is 0 Å². The van der Waals surface area contributed by atoms with Crippen LogP contribution in [0.5, 0.6) is 0 Å². The molecule has 1 N–H and O–H groups in total. The molecule has 0 aliphatic heterocycles. The van der Waals surface area contributed by atoms with Crippen LogP contribution in [0.2, 0.25) is 0 Å². The van der Waals surface area contributed by atoms with Gasteiger partial charge in [0.25, 0.3) is 15.9 Å². The smallest absolute Gasteiger partial charge is 0.261 e. The number of hydrogen-bond acceptors (Lipinski definition) is 4. The molecule has 4 rings (SSSR count). The Kier molecular flexibility index (Phi) is 5.66. The Morgan fingerprint density at radius 1 is 1.07 bits per heavy atom. The van der Waals surface area contributed by atoms with Gasteiger partial charge in [-0.1, -0.05) is 6.07 Å². The molecule has 156 valence electrons. The summed E-state index contributed by atoms with van der Waals surface area (Å²) in [5.41, 5.74) is 4.09. The molecule has 7 heteroatoms. The number of nitrogens with zero attached hydrogens (tertiary/aromatic N) is 1. The minimum absolute atomic E-state index is 0.0210. The Balaban J connectivity index is 1.49. The highest BCUT2D eigenvalue weighted by atomic mass is 32.2. The van der Waals surface area contributed by atoms with Gasteiger partial charge in [-0.3, -0.25) is 9.52 Å². The number of benzene rings is 2. The first-order valence-corrected chi connectivity index (χ1v) is 12.3. The first-order chi connectivity index (χ1) is 14.3. The lowest BCUT2D eigenvalue weighted by atomic mass is 10.1. The minimum atomic E-state index is -3.68. The van der Waals surface area contributed by atoms with Gasteiger partial charge in [0.2, 0.25) is 0 Å². The van der Waals surface area contributed by atoms with E-state index in [1.807, 2.05) is 30.2 Å². The summed E-state index contributed by atoms with van der Waals surface area (Å²) in [7, 11) is -3.68. The molecule has 30 heavy (non-hydrogen) atoms. The fourth-order valence-corrected chi connectivity index (χ4v) is 5.08. The van der Waals surface area contributed by atoms with Gasteiger partial charge in [0, 0.05) is 23.8 Å². The van der Waals surface area contributed by atoms with Crippen molar-refractivity contribution in [1.82, 2.24) is 4.90 Å². The quantitative estimate of drug-likeness (QED) is 0.564. The second-order valence-corrected chi connectivity index (χ2v) is 10.2. The van der Waals surface area contributed by atoms with Gasteiger partial charge >= 0.3 is 0 Å². The average Bonchev–Trinajstić information content (AvgIpc) is 3.43. The van der Waals surface area contributed by atoms with Gasteiger partial charge in [-0.25, -0.2) is 8.42 Å². The zero-order valence-electron chi connectivity index (χ0n) is 17.0. The van der Waals surface area contributed by atoms with Gasteiger partial charge < -0.3 is 4.90 Å². The van der Waals surface area contributed by atoms with Crippen LogP contribution in [0.15, 0.2) is 64.2 Å². The maximum Gasteiger partial charge on any atom is 0.261 e. The van der Waals surface area contributed by atoms with E-state index in [0.29, 0.717) is 23.8 Å². The zero-order chi connectivity index (χ0) is 21.3. The average molecular weight is 441 g/mol. The first-order valence-electron chi connectivity index (χ1n) is 9.86. The number of nitrogens with one attached hydrogen (secondary N) is 1. The van der Waals surface area contributed by atoms with Crippen LogP contribution in [0, 0.1) is 13.8 Å². The van der Waals surface area contributed by atoms with Crippen LogP contribution in [-0.4, -0.2) is 25.3 Å². The van der Waals surface area contributed by atoms with Crippen molar-refractivity contribution >= 4 is 33.0 Å². The van der Waals surface area contributed by atoms with Crippen molar-refractivity contribution in [3.8, 4) is 0 Å². The fourth-order valence-electron chi connectivity index (χ4n) is 3.27. The van der Waals surface area contributed by atoms with Crippen LogP contribution >= 0.6 is 11.3 Å². The standard InChI is InChI=1S/C23H24N2O3S2/c1-16-3-10-22(13-17(16)2)30(27,28)24-20-6-4-19(5-7-20)23(26)25(21-8-9-21)14-18-11-12-29-15-18/h3-7,10-13,15,21,24H,8-9,14H2,1-2H3. The number of rotatable bonds is 7. The molecule has 0 atom stereocenters. The van der Waals surface area contributed by atoms with Crippen molar-refractivity contribution < 1.29 is 13.2 Å². The molecule has 5 nitrogen and oxygen atoms in total. The van der Waals surface area contributed by atoms with Crippen molar-refractivity contribution in [2.24, 2.45) is 0 Å². The van der Waals surface area contributed by atoms with Gasteiger partial charge in [-0.15, -0.1) is 0 Å². The number of carbonyl (C=O) groups is 1. The van der Waals surface area contributed by atoms with Crippen molar-refractivity contribution in [2.45, 2.75) is 44.2 Å². The van der Waals surface area contributed by atoms with Gasteiger partial charge in [0.05, 0.1) is 4.90 Å². The normalized spacial score (nSPS) is 13.8. The number of amides is 1. The van der Waals surface area contributed by atoms with Crippen LogP contribution in [-0.2, 0) is 16.6 Å². The van der Waals surface area contributed by atoms with Gasteiger partial charge in [-0.2, -0.15) is 11.3 Å². The number of thiophene rings is 1. The van der Waals surface area contributed by atoms with Crippen molar-refractivity contribution in [1.29, 1.82) is 0 Å². The second kappa shape index (κ2) is 8.24. The first kappa shape index (κ1) is 20.6. The van der Waals surface area contributed by atoms with E-state index in [0.717, 1.165) is 29.5 Å². The topological polar surface area (TPSA) is 66.5 Å². The molecule has 3 aromatic rings. The third-order valence-electron chi connectivity index (χ3n) is 5.35. The summed E-state index contributed by atoms with van der Waals surface area (Å²) in [5, 5.41) is 4.08. The molecule has 1 aromatic heterocycles. The van der Waals surface area contributed by atoms with Crippen LogP contribution < -0.4 is 4.72 Å². The van der Waals surface area contributed by atoms with Crippen LogP contribution in [0.1, 0.15) is 39.9 Å². The second-order valence-electron chi connectivity index (χ2n) is 7.72. The molecular formula is C23H24N2O3S2. The Bertz CT molecular complexity index is 1150. The third kappa shape index (κ3) is 4.57. The number of sulfonamides is 1. The van der Waals surface area contributed by atoms with E-state index in [-0.39, 0.29) is 10.8 Å². The number of aryl methyl sites for hydroxylation is 2.